The molecule has 19 heavy (non-hydrogen) atoms. The average molecular weight is 323 g/mol. The molecule has 3 nitrogen and oxygen atoms in total. The van der Waals surface area contributed by atoms with Gasteiger partial charge in [0, 0.05) is 23.1 Å². The second-order valence-electron chi connectivity index (χ2n) is 5.60. The molecule has 1 aromatic rings. The number of benzene rings is 1. The lowest BCUT2D eigenvalue weighted by Gasteiger charge is -2.21. The zero-order valence-electron chi connectivity index (χ0n) is 11.2. The standard InChI is InChI=1S/C15H19BrN2O/c1-10-4-5-12(16)11(9-10)15(19)17-13-6-8-18-7-2-3-14(13)18/h4-5,9,13-14H,2-3,6-8H2,1H3,(H,17,19). The third-order valence-corrected chi connectivity index (χ3v) is 4.98. The summed E-state index contributed by atoms with van der Waals surface area (Å²) >= 11 is 3.47. The van der Waals surface area contributed by atoms with Gasteiger partial charge in [0.25, 0.3) is 5.91 Å². The van der Waals surface area contributed by atoms with Crippen molar-refractivity contribution in [2.24, 2.45) is 0 Å². The van der Waals surface area contributed by atoms with Crippen molar-refractivity contribution in [3.63, 3.8) is 0 Å². The van der Waals surface area contributed by atoms with E-state index in [1.54, 1.807) is 0 Å². The van der Waals surface area contributed by atoms with Gasteiger partial charge >= 0.3 is 0 Å². The maximum atomic E-state index is 12.4. The minimum Gasteiger partial charge on any atom is -0.348 e. The van der Waals surface area contributed by atoms with E-state index in [2.05, 4.69) is 26.1 Å². The highest BCUT2D eigenvalue weighted by atomic mass is 79.9. The minimum atomic E-state index is 0.0503. The minimum absolute atomic E-state index is 0.0503. The molecule has 1 aromatic carbocycles. The van der Waals surface area contributed by atoms with Gasteiger partial charge in [-0.15, -0.1) is 0 Å². The van der Waals surface area contributed by atoms with Crippen LogP contribution in [0.25, 0.3) is 0 Å². The van der Waals surface area contributed by atoms with Crippen molar-refractivity contribution in [3.05, 3.63) is 33.8 Å². The molecule has 2 unspecified atom stereocenters. The lowest BCUT2D eigenvalue weighted by atomic mass is 10.1. The van der Waals surface area contributed by atoms with E-state index >= 15 is 0 Å². The summed E-state index contributed by atoms with van der Waals surface area (Å²) in [6.45, 7) is 4.34. The summed E-state index contributed by atoms with van der Waals surface area (Å²) in [5, 5.41) is 3.22. The largest absolute Gasteiger partial charge is 0.348 e. The molecule has 4 heteroatoms. The van der Waals surface area contributed by atoms with E-state index in [1.165, 1.54) is 19.4 Å². The first-order chi connectivity index (χ1) is 9.15. The molecule has 0 spiro atoms. The number of aryl methyl sites for hydroxylation is 1. The molecule has 3 rings (SSSR count). The Morgan fingerprint density at radius 2 is 2.21 bits per heavy atom. The van der Waals surface area contributed by atoms with Crippen LogP contribution in [0.4, 0.5) is 0 Å². The van der Waals surface area contributed by atoms with Crippen LogP contribution in [0.2, 0.25) is 0 Å². The Bertz CT molecular complexity index is 503. The second-order valence-corrected chi connectivity index (χ2v) is 6.45. The normalized spacial score (nSPS) is 26.4. The molecular weight excluding hydrogens is 304 g/mol. The molecule has 2 aliphatic heterocycles. The Morgan fingerprint density at radius 1 is 1.37 bits per heavy atom. The third kappa shape index (κ3) is 2.56. The van der Waals surface area contributed by atoms with Crippen molar-refractivity contribution < 1.29 is 4.79 Å². The van der Waals surface area contributed by atoms with E-state index in [0.29, 0.717) is 12.1 Å². The quantitative estimate of drug-likeness (QED) is 0.908. The van der Waals surface area contributed by atoms with Crippen LogP contribution in [0.15, 0.2) is 22.7 Å². The zero-order chi connectivity index (χ0) is 13.4. The lowest BCUT2D eigenvalue weighted by molar-refractivity contribution is 0.0928. The average Bonchev–Trinajstić information content (AvgIpc) is 2.97. The van der Waals surface area contributed by atoms with E-state index in [4.69, 9.17) is 0 Å². The van der Waals surface area contributed by atoms with Crippen molar-refractivity contribution in [1.82, 2.24) is 10.2 Å². The smallest absolute Gasteiger partial charge is 0.252 e. The zero-order valence-corrected chi connectivity index (χ0v) is 12.7. The summed E-state index contributed by atoms with van der Waals surface area (Å²) in [7, 11) is 0. The summed E-state index contributed by atoms with van der Waals surface area (Å²) in [6, 6.07) is 6.78. The Balaban J connectivity index is 1.73. The predicted molar refractivity (Wildman–Crippen MR) is 79.3 cm³/mol. The van der Waals surface area contributed by atoms with Gasteiger partial charge in [-0.3, -0.25) is 9.69 Å². The number of amides is 1. The molecule has 1 N–H and O–H groups in total. The van der Waals surface area contributed by atoms with Gasteiger partial charge in [-0.05, 0) is 60.8 Å². The number of rotatable bonds is 2. The van der Waals surface area contributed by atoms with Gasteiger partial charge in [-0.1, -0.05) is 11.6 Å². The van der Waals surface area contributed by atoms with Crippen molar-refractivity contribution in [2.75, 3.05) is 13.1 Å². The van der Waals surface area contributed by atoms with E-state index in [-0.39, 0.29) is 5.91 Å². The summed E-state index contributed by atoms with van der Waals surface area (Å²) in [5.41, 5.74) is 1.86. The van der Waals surface area contributed by atoms with Crippen LogP contribution >= 0.6 is 15.9 Å². The molecular formula is C15H19BrN2O. The number of fused-ring (bicyclic) bond motifs is 1. The summed E-state index contributed by atoms with van der Waals surface area (Å²) in [5.74, 6) is 0.0503. The van der Waals surface area contributed by atoms with Gasteiger partial charge < -0.3 is 5.32 Å². The van der Waals surface area contributed by atoms with Crippen LogP contribution in [-0.4, -0.2) is 36.0 Å². The van der Waals surface area contributed by atoms with Gasteiger partial charge in [0.1, 0.15) is 0 Å². The van der Waals surface area contributed by atoms with Crippen molar-refractivity contribution >= 4 is 21.8 Å². The molecule has 0 saturated carbocycles. The number of hydrogen-bond acceptors (Lipinski definition) is 2. The van der Waals surface area contributed by atoms with Crippen LogP contribution in [0.5, 0.6) is 0 Å². The first kappa shape index (κ1) is 13.1. The van der Waals surface area contributed by atoms with Crippen LogP contribution in [0.1, 0.15) is 35.2 Å². The van der Waals surface area contributed by atoms with Crippen LogP contribution in [0, 0.1) is 6.92 Å². The first-order valence-electron chi connectivity index (χ1n) is 6.96. The molecule has 2 fully saturated rings. The van der Waals surface area contributed by atoms with Crippen LogP contribution < -0.4 is 5.32 Å². The fraction of sp³-hybridized carbons (Fsp3) is 0.533. The molecule has 2 heterocycles. The SMILES string of the molecule is Cc1ccc(Br)c(C(=O)NC2CCN3CCCC23)c1. The first-order valence-corrected chi connectivity index (χ1v) is 7.75. The van der Waals surface area contributed by atoms with E-state index < -0.39 is 0 Å². The van der Waals surface area contributed by atoms with E-state index in [1.807, 2.05) is 25.1 Å². The van der Waals surface area contributed by atoms with Gasteiger partial charge in [0.15, 0.2) is 0 Å². The van der Waals surface area contributed by atoms with Crippen molar-refractivity contribution in [3.8, 4) is 0 Å². The summed E-state index contributed by atoms with van der Waals surface area (Å²) < 4.78 is 0.872. The van der Waals surface area contributed by atoms with Gasteiger partial charge in [0.05, 0.1) is 5.56 Å². The highest BCUT2D eigenvalue weighted by molar-refractivity contribution is 9.10. The van der Waals surface area contributed by atoms with E-state index in [0.717, 1.165) is 28.6 Å². The summed E-state index contributed by atoms with van der Waals surface area (Å²) in [6.07, 6.45) is 3.57. The molecule has 1 amide bonds. The number of carbonyl (C=O) groups is 1. The molecule has 102 valence electrons. The van der Waals surface area contributed by atoms with Gasteiger partial charge in [0.2, 0.25) is 0 Å². The second kappa shape index (κ2) is 5.25. The monoisotopic (exact) mass is 322 g/mol. The van der Waals surface area contributed by atoms with Crippen LogP contribution in [-0.2, 0) is 0 Å². The van der Waals surface area contributed by atoms with E-state index in [9.17, 15) is 4.79 Å². The van der Waals surface area contributed by atoms with Gasteiger partial charge in [-0.2, -0.15) is 0 Å². The maximum absolute atomic E-state index is 12.4. The molecule has 2 atom stereocenters. The maximum Gasteiger partial charge on any atom is 0.252 e. The molecule has 2 aliphatic rings. The highest BCUT2D eigenvalue weighted by Gasteiger charge is 2.37. The number of nitrogens with one attached hydrogen (secondary N) is 1. The predicted octanol–water partition coefficient (Wildman–Crippen LogP) is 2.72. The number of carbonyl (C=O) groups excluding carboxylic acids is 1. The Labute approximate surface area is 122 Å². The third-order valence-electron chi connectivity index (χ3n) is 4.29. The molecule has 0 aromatic heterocycles. The fourth-order valence-corrected chi connectivity index (χ4v) is 3.74. The molecule has 2 saturated heterocycles. The number of nitrogens with zero attached hydrogens (tertiary/aromatic N) is 1. The molecule has 0 radical (unpaired) electrons. The molecule has 0 bridgehead atoms. The molecule has 0 aliphatic carbocycles. The number of hydrogen-bond donors (Lipinski definition) is 1. The highest BCUT2D eigenvalue weighted by Crippen LogP contribution is 2.28. The number of halogens is 1. The summed E-state index contributed by atoms with van der Waals surface area (Å²) in [4.78, 5) is 14.9. The Kier molecular flexibility index (Phi) is 3.63. The lowest BCUT2D eigenvalue weighted by Crippen LogP contribution is -2.42. The Morgan fingerprint density at radius 3 is 3.05 bits per heavy atom. The topological polar surface area (TPSA) is 32.3 Å². The fourth-order valence-electron chi connectivity index (χ4n) is 3.31. The van der Waals surface area contributed by atoms with Crippen molar-refractivity contribution in [2.45, 2.75) is 38.3 Å². The van der Waals surface area contributed by atoms with Gasteiger partial charge in [-0.25, -0.2) is 0 Å². The van der Waals surface area contributed by atoms with Crippen molar-refractivity contribution in [1.29, 1.82) is 0 Å². The Hall–Kier alpha value is -0.870. The van der Waals surface area contributed by atoms with Crippen LogP contribution in [0.3, 0.4) is 0 Å².